The van der Waals surface area contributed by atoms with Gasteiger partial charge in [-0.1, -0.05) is 158 Å². The summed E-state index contributed by atoms with van der Waals surface area (Å²) in [7, 11) is -2.72. The predicted octanol–water partition coefficient (Wildman–Crippen LogP) is 10.6. The van der Waals surface area contributed by atoms with E-state index in [1.165, 1.54) is 31.5 Å². The van der Waals surface area contributed by atoms with Crippen LogP contribution >= 0.6 is 0 Å². The highest BCUT2D eigenvalue weighted by atomic mass is 28.3. The van der Waals surface area contributed by atoms with Gasteiger partial charge in [-0.15, -0.1) is 0 Å². The third-order valence-electron chi connectivity index (χ3n) is 12.3. The van der Waals surface area contributed by atoms with E-state index in [0.29, 0.717) is 17.5 Å². The average Bonchev–Trinajstić information content (AvgIpc) is 3.91. The van der Waals surface area contributed by atoms with Gasteiger partial charge in [0.1, 0.15) is 11.2 Å². The lowest BCUT2D eigenvalue weighted by molar-refractivity contribution is 0.668. The second-order valence-electron chi connectivity index (χ2n) is 15.8. The van der Waals surface area contributed by atoms with E-state index in [-0.39, 0.29) is 0 Å². The zero-order valence-corrected chi connectivity index (χ0v) is 35.0. The molecule has 8 aromatic carbocycles. The molecule has 0 radical (unpaired) electrons. The van der Waals surface area contributed by atoms with E-state index in [2.05, 4.69) is 210 Å². The molecule has 4 aromatic heterocycles. The van der Waals surface area contributed by atoms with E-state index < -0.39 is 8.07 Å². The Morgan fingerprint density at radius 2 is 0.825 bits per heavy atom. The molecule has 0 saturated heterocycles. The molecule has 0 atom stereocenters. The number of benzene rings is 8. The maximum atomic E-state index is 6.30. The van der Waals surface area contributed by atoms with Crippen molar-refractivity contribution in [2.45, 2.75) is 0 Å². The van der Waals surface area contributed by atoms with Crippen LogP contribution in [0.15, 0.2) is 229 Å². The zero-order chi connectivity index (χ0) is 41.7. The van der Waals surface area contributed by atoms with Crippen LogP contribution in [0.5, 0.6) is 0 Å². The lowest BCUT2D eigenvalue weighted by Gasteiger charge is -2.34. The van der Waals surface area contributed by atoms with Crippen molar-refractivity contribution in [3.63, 3.8) is 0 Å². The Kier molecular flexibility index (Phi) is 8.72. The quantitative estimate of drug-likeness (QED) is 0.113. The van der Waals surface area contributed by atoms with Gasteiger partial charge in [0.05, 0.1) is 11.0 Å². The van der Waals surface area contributed by atoms with Gasteiger partial charge in [-0.05, 0) is 75.3 Å². The Labute approximate surface area is 364 Å². The highest BCUT2D eigenvalue weighted by Crippen LogP contribution is 2.34. The van der Waals surface area contributed by atoms with Crippen molar-refractivity contribution in [2.24, 2.45) is 0 Å². The third kappa shape index (κ3) is 6.09. The Balaban J connectivity index is 1.01. The maximum Gasteiger partial charge on any atom is 0.179 e. The average molecular weight is 824 g/mol. The van der Waals surface area contributed by atoms with Gasteiger partial charge in [0.2, 0.25) is 0 Å². The highest BCUT2D eigenvalue weighted by Gasteiger charge is 2.41. The standard InChI is InChI=1S/C56H37N5OSi/c1-4-14-42(15-5-1)63(43-16-6-2-7-17-43,44-18-8-3-9-19-44)45-31-26-39(27-32-45)55-58-54(59-56(60-55)40-28-33-48-49-37-57-35-34-52(49)62-53(48)36-40)38-24-29-41(30-25-38)61-50-22-12-10-20-46(50)47-21-11-13-23-51(47)61/h1-37H. The largest absolute Gasteiger partial charge is 0.456 e. The predicted molar refractivity (Wildman–Crippen MR) is 259 cm³/mol. The van der Waals surface area contributed by atoms with Crippen molar-refractivity contribution >= 4 is 72.6 Å². The van der Waals surface area contributed by atoms with Crippen molar-refractivity contribution < 1.29 is 4.42 Å². The minimum absolute atomic E-state index is 0.563. The summed E-state index contributed by atoms with van der Waals surface area (Å²) in [5.74, 6) is 1.74. The van der Waals surface area contributed by atoms with Crippen molar-refractivity contribution in [2.75, 3.05) is 0 Å². The van der Waals surface area contributed by atoms with Crippen molar-refractivity contribution in [1.29, 1.82) is 0 Å². The summed E-state index contributed by atoms with van der Waals surface area (Å²) < 4.78 is 8.62. The molecular formula is C56H37N5OSi. The Morgan fingerprint density at radius 3 is 1.38 bits per heavy atom. The lowest BCUT2D eigenvalue weighted by Crippen LogP contribution is -2.74. The van der Waals surface area contributed by atoms with E-state index in [4.69, 9.17) is 19.4 Å². The van der Waals surface area contributed by atoms with E-state index in [1.54, 1.807) is 6.20 Å². The molecule has 0 unspecified atom stereocenters. The number of hydrogen-bond acceptors (Lipinski definition) is 5. The molecule has 63 heavy (non-hydrogen) atoms. The molecule has 0 aliphatic rings. The molecule has 12 aromatic rings. The fraction of sp³-hybridized carbons (Fsp3) is 0. The molecule has 0 fully saturated rings. The molecule has 0 saturated carbocycles. The van der Waals surface area contributed by atoms with E-state index >= 15 is 0 Å². The summed E-state index contributed by atoms with van der Waals surface area (Å²) in [6, 6.07) is 75.5. The van der Waals surface area contributed by atoms with Crippen LogP contribution in [0, 0.1) is 0 Å². The van der Waals surface area contributed by atoms with Gasteiger partial charge in [-0.2, -0.15) is 0 Å². The molecule has 0 aliphatic heterocycles. The van der Waals surface area contributed by atoms with Crippen LogP contribution in [0.4, 0.5) is 0 Å². The number of rotatable bonds is 8. The summed E-state index contributed by atoms with van der Waals surface area (Å²) in [6.45, 7) is 0. The van der Waals surface area contributed by atoms with Gasteiger partial charge in [0.25, 0.3) is 0 Å². The molecule has 6 nitrogen and oxygen atoms in total. The maximum absolute atomic E-state index is 6.30. The van der Waals surface area contributed by atoms with Gasteiger partial charge in [-0.25, -0.2) is 15.0 Å². The monoisotopic (exact) mass is 823 g/mol. The van der Waals surface area contributed by atoms with Crippen molar-refractivity contribution in [1.82, 2.24) is 24.5 Å². The molecule has 7 heteroatoms. The van der Waals surface area contributed by atoms with Crippen molar-refractivity contribution in [3.8, 4) is 39.9 Å². The van der Waals surface area contributed by atoms with Gasteiger partial charge in [0.15, 0.2) is 25.5 Å². The number of aromatic nitrogens is 5. The molecule has 0 N–H and O–H groups in total. The van der Waals surface area contributed by atoms with Gasteiger partial charge in [-0.3, -0.25) is 4.98 Å². The summed E-state index contributed by atoms with van der Waals surface area (Å²) in [4.78, 5) is 19.9. The molecule has 4 heterocycles. The fourth-order valence-electron chi connectivity index (χ4n) is 9.42. The van der Waals surface area contributed by atoms with Crippen LogP contribution in [0.25, 0.3) is 83.6 Å². The van der Waals surface area contributed by atoms with Crippen LogP contribution in [0.3, 0.4) is 0 Å². The van der Waals surface area contributed by atoms with Crippen LogP contribution < -0.4 is 20.7 Å². The summed E-state index contributed by atoms with van der Waals surface area (Å²) in [5, 5.41) is 9.65. The Morgan fingerprint density at radius 1 is 0.365 bits per heavy atom. The first-order chi connectivity index (χ1) is 31.2. The molecule has 0 bridgehead atoms. The topological polar surface area (TPSA) is 69.6 Å². The smallest absolute Gasteiger partial charge is 0.179 e. The number of pyridine rings is 1. The van der Waals surface area contributed by atoms with Crippen LogP contribution in [0.1, 0.15) is 0 Å². The lowest BCUT2D eigenvalue weighted by atomic mass is 10.1. The molecule has 0 aliphatic carbocycles. The minimum Gasteiger partial charge on any atom is -0.456 e. The first-order valence-corrected chi connectivity index (χ1v) is 23.1. The summed E-state index contributed by atoms with van der Waals surface area (Å²) in [5.41, 5.74) is 7.56. The molecular weight excluding hydrogens is 787 g/mol. The third-order valence-corrected chi connectivity index (χ3v) is 17.1. The second-order valence-corrected chi connectivity index (χ2v) is 19.6. The Hall–Kier alpha value is -8.26. The van der Waals surface area contributed by atoms with Crippen LogP contribution in [-0.4, -0.2) is 32.6 Å². The molecule has 0 amide bonds. The SMILES string of the molecule is c1ccc([Si](c2ccccc2)(c2ccccc2)c2ccc(-c3nc(-c4ccc(-n5c6ccccc6c6ccccc65)cc4)nc(-c4ccc5c(c4)oc4ccncc45)n3)cc2)cc1. The molecule has 0 spiro atoms. The second kappa shape index (κ2) is 15.0. The zero-order valence-electron chi connectivity index (χ0n) is 34.0. The number of nitrogens with zero attached hydrogens (tertiary/aromatic N) is 5. The van der Waals surface area contributed by atoms with Crippen molar-refractivity contribution in [3.05, 3.63) is 225 Å². The van der Waals surface area contributed by atoms with Gasteiger partial charge >= 0.3 is 0 Å². The fourth-order valence-corrected chi connectivity index (χ4v) is 14.2. The highest BCUT2D eigenvalue weighted by molar-refractivity contribution is 7.19. The number of hydrogen-bond donors (Lipinski definition) is 0. The summed E-state index contributed by atoms with van der Waals surface area (Å²) in [6.07, 6.45) is 3.59. The first-order valence-electron chi connectivity index (χ1n) is 21.1. The number of para-hydroxylation sites is 2. The van der Waals surface area contributed by atoms with Gasteiger partial charge in [0, 0.05) is 56.3 Å². The van der Waals surface area contributed by atoms with E-state index in [1.807, 2.05) is 18.3 Å². The molecule has 12 rings (SSSR count). The Bertz CT molecular complexity index is 3460. The molecule has 296 valence electrons. The first kappa shape index (κ1) is 36.6. The normalized spacial score (nSPS) is 11.8. The van der Waals surface area contributed by atoms with Gasteiger partial charge < -0.3 is 8.98 Å². The number of fused-ring (bicyclic) bond motifs is 6. The van der Waals surface area contributed by atoms with E-state index in [9.17, 15) is 0 Å². The van der Waals surface area contributed by atoms with Crippen LogP contribution in [-0.2, 0) is 0 Å². The minimum atomic E-state index is -2.72. The number of furan rings is 1. The summed E-state index contributed by atoms with van der Waals surface area (Å²) >= 11 is 0. The van der Waals surface area contributed by atoms with Crippen LogP contribution in [0.2, 0.25) is 0 Å². The van der Waals surface area contributed by atoms with E-state index in [0.717, 1.165) is 55.3 Å².